The van der Waals surface area contributed by atoms with E-state index >= 15 is 0 Å². The van der Waals surface area contributed by atoms with Crippen molar-refractivity contribution in [1.29, 1.82) is 0 Å². The first-order chi connectivity index (χ1) is 9.58. The molecule has 1 atom stereocenters. The Kier molecular flexibility index (Phi) is 2.93. The summed E-state index contributed by atoms with van der Waals surface area (Å²) in [4.78, 5) is 16.0. The summed E-state index contributed by atoms with van der Waals surface area (Å²) in [7, 11) is 0. The average molecular weight is 269 g/mol. The molecule has 0 saturated carbocycles. The summed E-state index contributed by atoms with van der Waals surface area (Å²) >= 11 is 0. The number of fused-ring (bicyclic) bond motifs is 1. The van der Waals surface area contributed by atoms with Gasteiger partial charge in [-0.05, 0) is 48.7 Å². The molecule has 0 radical (unpaired) electrons. The predicted molar refractivity (Wildman–Crippen MR) is 74.7 cm³/mol. The van der Waals surface area contributed by atoms with Gasteiger partial charge in [0.15, 0.2) is 0 Å². The molecule has 1 N–H and O–H groups in total. The minimum Gasteiger partial charge on any atom is -0.506 e. The molecule has 20 heavy (non-hydrogen) atoms. The van der Waals surface area contributed by atoms with Gasteiger partial charge in [-0.15, -0.1) is 0 Å². The molecule has 102 valence electrons. The molecule has 1 aliphatic heterocycles. The fourth-order valence-corrected chi connectivity index (χ4v) is 2.65. The van der Waals surface area contributed by atoms with E-state index in [2.05, 4.69) is 4.98 Å². The van der Waals surface area contributed by atoms with Crippen LogP contribution in [0.15, 0.2) is 30.6 Å². The highest BCUT2D eigenvalue weighted by atomic mass is 16.5. The molecule has 0 aliphatic carbocycles. The number of aryl methyl sites for hydroxylation is 1. The number of esters is 1. The Morgan fingerprint density at radius 3 is 2.75 bits per heavy atom. The lowest BCUT2D eigenvalue weighted by Crippen LogP contribution is -2.26. The Morgan fingerprint density at radius 2 is 2.05 bits per heavy atom. The molecular formula is C16H15NO3. The van der Waals surface area contributed by atoms with Crippen molar-refractivity contribution in [3.63, 3.8) is 0 Å². The SMILES string of the molecule is Cc1cc(-c2ccncc2)c(O)c2c1C[C@@H](C)OC2=O. The first-order valence-corrected chi connectivity index (χ1v) is 6.54. The molecule has 0 amide bonds. The molecule has 4 nitrogen and oxygen atoms in total. The molecule has 0 spiro atoms. The maximum atomic E-state index is 12.1. The van der Waals surface area contributed by atoms with Crippen LogP contribution in [-0.4, -0.2) is 22.2 Å². The van der Waals surface area contributed by atoms with Crippen LogP contribution in [-0.2, 0) is 11.2 Å². The number of benzene rings is 1. The van der Waals surface area contributed by atoms with Crippen LogP contribution in [0.25, 0.3) is 11.1 Å². The third-order valence-corrected chi connectivity index (χ3v) is 3.63. The van der Waals surface area contributed by atoms with Crippen LogP contribution in [0.3, 0.4) is 0 Å². The van der Waals surface area contributed by atoms with Gasteiger partial charge in [0, 0.05) is 24.4 Å². The number of ether oxygens (including phenoxy) is 1. The van der Waals surface area contributed by atoms with Crippen LogP contribution in [0.5, 0.6) is 5.75 Å². The Morgan fingerprint density at radius 1 is 1.35 bits per heavy atom. The fraction of sp³-hybridized carbons (Fsp3) is 0.250. The molecule has 3 rings (SSSR count). The average Bonchev–Trinajstić information content (AvgIpc) is 2.43. The summed E-state index contributed by atoms with van der Waals surface area (Å²) in [5.41, 5.74) is 3.64. The monoisotopic (exact) mass is 269 g/mol. The molecule has 0 saturated heterocycles. The van der Waals surface area contributed by atoms with E-state index < -0.39 is 5.97 Å². The predicted octanol–water partition coefficient (Wildman–Crippen LogP) is 2.86. The molecule has 0 bridgehead atoms. The zero-order valence-corrected chi connectivity index (χ0v) is 11.4. The second kappa shape index (κ2) is 4.63. The van der Waals surface area contributed by atoms with Crippen LogP contribution in [0.1, 0.15) is 28.4 Å². The highest BCUT2D eigenvalue weighted by molar-refractivity contribution is 5.98. The molecule has 4 heteroatoms. The molecular weight excluding hydrogens is 254 g/mol. The van der Waals surface area contributed by atoms with Crippen molar-refractivity contribution in [1.82, 2.24) is 4.98 Å². The van der Waals surface area contributed by atoms with Gasteiger partial charge in [0.1, 0.15) is 17.4 Å². The fourth-order valence-electron chi connectivity index (χ4n) is 2.65. The Balaban J connectivity index is 2.24. The minimum atomic E-state index is -0.449. The summed E-state index contributed by atoms with van der Waals surface area (Å²) < 4.78 is 5.23. The number of nitrogens with zero attached hydrogens (tertiary/aromatic N) is 1. The standard InChI is InChI=1S/C16H15NO3/c1-9-7-13(11-3-5-17-6-4-11)15(18)14-12(9)8-10(2)20-16(14)19/h3-7,10,18H,8H2,1-2H3/t10-/m1/s1. The van der Waals surface area contributed by atoms with E-state index in [1.807, 2.05) is 19.9 Å². The topological polar surface area (TPSA) is 59.4 Å². The van der Waals surface area contributed by atoms with Crippen molar-refractivity contribution in [2.45, 2.75) is 26.4 Å². The van der Waals surface area contributed by atoms with E-state index in [1.54, 1.807) is 24.5 Å². The third kappa shape index (κ3) is 1.93. The van der Waals surface area contributed by atoms with Gasteiger partial charge in [-0.2, -0.15) is 0 Å². The molecule has 1 aromatic carbocycles. The number of hydrogen-bond acceptors (Lipinski definition) is 4. The number of phenols is 1. The van der Waals surface area contributed by atoms with Crippen LogP contribution >= 0.6 is 0 Å². The smallest absolute Gasteiger partial charge is 0.342 e. The third-order valence-electron chi connectivity index (χ3n) is 3.63. The number of hydrogen-bond donors (Lipinski definition) is 1. The Bertz CT molecular complexity index is 680. The van der Waals surface area contributed by atoms with E-state index in [0.717, 1.165) is 16.7 Å². The van der Waals surface area contributed by atoms with Gasteiger partial charge in [0.05, 0.1) is 0 Å². The zero-order chi connectivity index (χ0) is 14.3. The number of carbonyl (C=O) groups excluding carboxylic acids is 1. The number of aromatic hydroxyl groups is 1. The van der Waals surface area contributed by atoms with Gasteiger partial charge in [0.25, 0.3) is 0 Å². The highest BCUT2D eigenvalue weighted by Crippen LogP contribution is 2.38. The van der Waals surface area contributed by atoms with Crippen LogP contribution < -0.4 is 0 Å². The minimum absolute atomic E-state index is 0.00583. The number of aromatic nitrogens is 1. The summed E-state index contributed by atoms with van der Waals surface area (Å²) in [6.07, 6.45) is 3.80. The maximum Gasteiger partial charge on any atom is 0.342 e. The first kappa shape index (κ1) is 12.7. The van der Waals surface area contributed by atoms with Gasteiger partial charge in [-0.25, -0.2) is 4.79 Å². The van der Waals surface area contributed by atoms with E-state index in [0.29, 0.717) is 17.5 Å². The molecule has 1 aliphatic rings. The number of carbonyl (C=O) groups is 1. The number of cyclic esters (lactones) is 1. The second-order valence-electron chi connectivity index (χ2n) is 5.10. The van der Waals surface area contributed by atoms with Gasteiger partial charge in [-0.1, -0.05) is 0 Å². The zero-order valence-electron chi connectivity index (χ0n) is 11.4. The Labute approximate surface area is 117 Å². The lowest BCUT2D eigenvalue weighted by Gasteiger charge is -2.25. The van der Waals surface area contributed by atoms with Crippen molar-refractivity contribution < 1.29 is 14.6 Å². The van der Waals surface area contributed by atoms with Crippen LogP contribution in [0.4, 0.5) is 0 Å². The quantitative estimate of drug-likeness (QED) is 0.809. The van der Waals surface area contributed by atoms with Crippen LogP contribution in [0.2, 0.25) is 0 Å². The molecule has 2 aromatic rings. The van der Waals surface area contributed by atoms with Gasteiger partial charge in [-0.3, -0.25) is 4.98 Å². The number of pyridine rings is 1. The lowest BCUT2D eigenvalue weighted by atomic mass is 9.89. The first-order valence-electron chi connectivity index (χ1n) is 6.54. The largest absolute Gasteiger partial charge is 0.506 e. The van der Waals surface area contributed by atoms with E-state index in [9.17, 15) is 9.90 Å². The van der Waals surface area contributed by atoms with Crippen molar-refractivity contribution in [3.05, 3.63) is 47.3 Å². The molecule has 0 unspecified atom stereocenters. The number of phenolic OH excluding ortho intramolecular Hbond substituents is 1. The summed E-state index contributed by atoms with van der Waals surface area (Å²) in [5, 5.41) is 10.4. The summed E-state index contributed by atoms with van der Waals surface area (Å²) in [6, 6.07) is 5.52. The van der Waals surface area contributed by atoms with E-state index in [-0.39, 0.29) is 11.9 Å². The Hall–Kier alpha value is -2.36. The van der Waals surface area contributed by atoms with Crippen molar-refractivity contribution in [2.24, 2.45) is 0 Å². The van der Waals surface area contributed by atoms with Gasteiger partial charge < -0.3 is 9.84 Å². The molecule has 1 aromatic heterocycles. The summed E-state index contributed by atoms with van der Waals surface area (Å²) in [5.74, 6) is -0.455. The van der Waals surface area contributed by atoms with Crippen molar-refractivity contribution in [3.8, 4) is 16.9 Å². The highest BCUT2D eigenvalue weighted by Gasteiger charge is 2.29. The van der Waals surface area contributed by atoms with E-state index in [4.69, 9.17) is 4.74 Å². The van der Waals surface area contributed by atoms with E-state index in [1.165, 1.54) is 0 Å². The second-order valence-corrected chi connectivity index (χ2v) is 5.10. The molecule has 2 heterocycles. The van der Waals surface area contributed by atoms with Gasteiger partial charge >= 0.3 is 5.97 Å². The van der Waals surface area contributed by atoms with Crippen LogP contribution in [0, 0.1) is 6.92 Å². The lowest BCUT2D eigenvalue weighted by molar-refractivity contribution is 0.0296. The molecule has 0 fully saturated rings. The van der Waals surface area contributed by atoms with Crippen molar-refractivity contribution in [2.75, 3.05) is 0 Å². The normalized spacial score (nSPS) is 17.5. The maximum absolute atomic E-state index is 12.1. The van der Waals surface area contributed by atoms with Gasteiger partial charge in [0.2, 0.25) is 0 Å². The summed E-state index contributed by atoms with van der Waals surface area (Å²) in [6.45, 7) is 3.81. The number of rotatable bonds is 1. The van der Waals surface area contributed by atoms with Crippen molar-refractivity contribution >= 4 is 5.97 Å².